The molecule has 3 aromatic rings. The van der Waals surface area contributed by atoms with Crippen LogP contribution in [0.2, 0.25) is 0 Å². The van der Waals surface area contributed by atoms with Crippen LogP contribution >= 0.6 is 0 Å². The van der Waals surface area contributed by atoms with Crippen LogP contribution < -0.4 is 20.9 Å². The number of nitrogens with zero attached hydrogens (tertiary/aromatic N) is 1. The van der Waals surface area contributed by atoms with Crippen LogP contribution in [0.1, 0.15) is 34.8 Å². The number of carbonyl (C=O) groups is 1. The molecule has 2 heterocycles. The van der Waals surface area contributed by atoms with Gasteiger partial charge in [0.15, 0.2) is 0 Å². The first-order valence-corrected chi connectivity index (χ1v) is 11.8. The number of hydrazine groups is 1. The standard InChI is InChI=1S/C22H25N5O5S/c1-12-4-9-20(28)17(10-12)18-11-19(25-24-18)21(29)23-15-5-7-16(8-6-15)33(30,31)27-22-13(2)14(3)26-32-22/h4-10,18-19,24-25,27-28H,11H2,1-3H3,(H,23,29). The van der Waals surface area contributed by atoms with Crippen molar-refractivity contribution in [2.75, 3.05) is 10.0 Å². The molecule has 2 atom stereocenters. The monoisotopic (exact) mass is 471 g/mol. The summed E-state index contributed by atoms with van der Waals surface area (Å²) >= 11 is 0. The van der Waals surface area contributed by atoms with Crippen molar-refractivity contribution < 1.29 is 22.8 Å². The van der Waals surface area contributed by atoms with Gasteiger partial charge in [0.1, 0.15) is 11.8 Å². The fourth-order valence-electron chi connectivity index (χ4n) is 3.52. The average Bonchev–Trinajstić information content (AvgIpc) is 3.39. The highest BCUT2D eigenvalue weighted by Crippen LogP contribution is 2.30. The van der Waals surface area contributed by atoms with Gasteiger partial charge in [0, 0.05) is 16.8 Å². The van der Waals surface area contributed by atoms with Crippen LogP contribution in [-0.4, -0.2) is 30.6 Å². The van der Waals surface area contributed by atoms with Crippen LogP contribution in [0.15, 0.2) is 51.9 Å². The Morgan fingerprint density at radius 1 is 1.12 bits per heavy atom. The van der Waals surface area contributed by atoms with E-state index in [0.717, 1.165) is 11.1 Å². The predicted molar refractivity (Wildman–Crippen MR) is 122 cm³/mol. The third kappa shape index (κ3) is 4.85. The van der Waals surface area contributed by atoms with Crippen LogP contribution in [-0.2, 0) is 14.8 Å². The fourth-order valence-corrected chi connectivity index (χ4v) is 4.57. The molecule has 0 aliphatic carbocycles. The second-order valence-corrected chi connectivity index (χ2v) is 9.72. The van der Waals surface area contributed by atoms with Crippen molar-refractivity contribution in [3.63, 3.8) is 0 Å². The highest BCUT2D eigenvalue weighted by molar-refractivity contribution is 7.92. The summed E-state index contributed by atoms with van der Waals surface area (Å²) in [5.41, 5.74) is 9.38. The Morgan fingerprint density at radius 2 is 1.85 bits per heavy atom. The maximum atomic E-state index is 12.7. The Balaban J connectivity index is 1.39. The van der Waals surface area contributed by atoms with Gasteiger partial charge in [-0.25, -0.2) is 24.0 Å². The Bertz CT molecular complexity index is 1290. The van der Waals surface area contributed by atoms with E-state index in [9.17, 15) is 18.3 Å². The molecule has 1 saturated heterocycles. The second kappa shape index (κ2) is 8.85. The number of aromatic nitrogens is 1. The Kier molecular flexibility index (Phi) is 6.11. The number of hydrogen-bond donors (Lipinski definition) is 5. The molecular formula is C22H25N5O5S. The van der Waals surface area contributed by atoms with Gasteiger partial charge < -0.3 is 14.9 Å². The third-order valence-electron chi connectivity index (χ3n) is 5.59. The number of nitrogens with one attached hydrogen (secondary N) is 4. The third-order valence-corrected chi connectivity index (χ3v) is 6.94. The lowest BCUT2D eigenvalue weighted by atomic mass is 9.99. The smallest absolute Gasteiger partial charge is 0.264 e. The van der Waals surface area contributed by atoms with E-state index in [-0.39, 0.29) is 28.5 Å². The van der Waals surface area contributed by atoms with Crippen LogP contribution in [0.5, 0.6) is 5.75 Å². The Morgan fingerprint density at radius 3 is 2.52 bits per heavy atom. The van der Waals surface area contributed by atoms with Gasteiger partial charge in [-0.3, -0.25) is 4.79 Å². The van der Waals surface area contributed by atoms with E-state index in [1.54, 1.807) is 19.9 Å². The molecule has 2 aromatic carbocycles. The van der Waals surface area contributed by atoms with Crippen LogP contribution in [0, 0.1) is 20.8 Å². The molecule has 10 nitrogen and oxygen atoms in total. The molecule has 1 aromatic heterocycles. The molecule has 4 rings (SSSR count). The van der Waals surface area contributed by atoms with Crippen molar-refractivity contribution in [2.24, 2.45) is 0 Å². The molecule has 2 unspecified atom stereocenters. The van der Waals surface area contributed by atoms with E-state index in [1.807, 2.05) is 19.1 Å². The lowest BCUT2D eigenvalue weighted by Crippen LogP contribution is -2.39. The van der Waals surface area contributed by atoms with E-state index in [1.165, 1.54) is 24.3 Å². The lowest BCUT2D eigenvalue weighted by Gasteiger charge is -2.13. The quantitative estimate of drug-likeness (QED) is 0.369. The normalized spacial score (nSPS) is 18.3. The van der Waals surface area contributed by atoms with Gasteiger partial charge in [0.2, 0.25) is 11.8 Å². The largest absolute Gasteiger partial charge is 0.508 e. The Hall–Kier alpha value is -3.41. The van der Waals surface area contributed by atoms with E-state index >= 15 is 0 Å². The van der Waals surface area contributed by atoms with Gasteiger partial charge >= 0.3 is 0 Å². The molecule has 0 saturated carbocycles. The number of sulfonamides is 1. The second-order valence-electron chi connectivity index (χ2n) is 8.03. The number of amides is 1. The van der Waals surface area contributed by atoms with Gasteiger partial charge in [-0.1, -0.05) is 22.9 Å². The summed E-state index contributed by atoms with van der Waals surface area (Å²) in [5.74, 6) is -0.0421. The minimum atomic E-state index is -3.87. The SMILES string of the molecule is Cc1ccc(O)c(C2CC(C(=O)Nc3ccc(S(=O)(=O)Nc4onc(C)c4C)cc3)NN2)c1. The first-order valence-electron chi connectivity index (χ1n) is 10.3. The number of aryl methyl sites for hydroxylation is 2. The van der Waals surface area contributed by atoms with Gasteiger partial charge in [0.05, 0.1) is 16.6 Å². The highest BCUT2D eigenvalue weighted by atomic mass is 32.2. The molecule has 0 spiro atoms. The van der Waals surface area contributed by atoms with Crippen molar-refractivity contribution >= 4 is 27.5 Å². The Labute approximate surface area is 191 Å². The maximum Gasteiger partial charge on any atom is 0.264 e. The van der Waals surface area contributed by atoms with Gasteiger partial charge in [-0.2, -0.15) is 0 Å². The highest BCUT2D eigenvalue weighted by Gasteiger charge is 2.31. The van der Waals surface area contributed by atoms with E-state index < -0.39 is 16.1 Å². The molecule has 1 aliphatic heterocycles. The van der Waals surface area contributed by atoms with Crippen molar-refractivity contribution in [1.82, 2.24) is 16.0 Å². The number of anilines is 2. The van der Waals surface area contributed by atoms with Crippen molar-refractivity contribution in [2.45, 2.75) is 44.2 Å². The van der Waals surface area contributed by atoms with E-state index in [2.05, 4.69) is 26.0 Å². The number of aromatic hydroxyl groups is 1. The minimum Gasteiger partial charge on any atom is -0.508 e. The minimum absolute atomic E-state index is 0.0181. The molecule has 1 fully saturated rings. The number of carbonyl (C=O) groups excluding carboxylic acids is 1. The van der Waals surface area contributed by atoms with Crippen molar-refractivity contribution in [3.05, 3.63) is 64.8 Å². The topological polar surface area (TPSA) is 146 Å². The summed E-state index contributed by atoms with van der Waals surface area (Å²) in [6.45, 7) is 5.36. The summed E-state index contributed by atoms with van der Waals surface area (Å²) in [5, 5.41) is 16.6. The molecule has 1 aliphatic rings. The molecule has 1 amide bonds. The zero-order valence-corrected chi connectivity index (χ0v) is 19.2. The number of benzene rings is 2. The summed E-state index contributed by atoms with van der Waals surface area (Å²) in [7, 11) is -3.87. The molecule has 0 radical (unpaired) electrons. The predicted octanol–water partition coefficient (Wildman–Crippen LogP) is 2.65. The first-order chi connectivity index (χ1) is 15.6. The van der Waals surface area contributed by atoms with E-state index in [4.69, 9.17) is 4.52 Å². The van der Waals surface area contributed by atoms with Crippen LogP contribution in [0.4, 0.5) is 11.6 Å². The van der Waals surface area contributed by atoms with Crippen LogP contribution in [0.3, 0.4) is 0 Å². The lowest BCUT2D eigenvalue weighted by molar-refractivity contribution is -0.117. The summed E-state index contributed by atoms with van der Waals surface area (Å²) in [4.78, 5) is 12.7. The number of rotatable bonds is 6. The molecule has 11 heteroatoms. The summed E-state index contributed by atoms with van der Waals surface area (Å²) in [6.07, 6.45) is 0.440. The molecule has 33 heavy (non-hydrogen) atoms. The zero-order chi connectivity index (χ0) is 23.8. The number of phenolic OH excluding ortho intramolecular Hbond substituents is 1. The number of phenols is 1. The fraction of sp³-hybridized carbons (Fsp3) is 0.273. The van der Waals surface area contributed by atoms with Gasteiger partial charge in [-0.05, 0) is 57.5 Å². The number of hydrogen-bond acceptors (Lipinski definition) is 8. The average molecular weight is 472 g/mol. The molecular weight excluding hydrogens is 446 g/mol. The molecule has 5 N–H and O–H groups in total. The summed E-state index contributed by atoms with van der Waals surface area (Å²) in [6, 6.07) is 10.4. The van der Waals surface area contributed by atoms with Crippen molar-refractivity contribution in [3.8, 4) is 5.75 Å². The molecule has 174 valence electrons. The first kappa shape index (κ1) is 22.8. The van der Waals surface area contributed by atoms with E-state index in [0.29, 0.717) is 23.4 Å². The summed E-state index contributed by atoms with van der Waals surface area (Å²) < 4.78 is 32.6. The van der Waals surface area contributed by atoms with Gasteiger partial charge in [-0.15, -0.1) is 0 Å². The zero-order valence-electron chi connectivity index (χ0n) is 18.3. The molecule has 0 bridgehead atoms. The maximum absolute atomic E-state index is 12.7. The van der Waals surface area contributed by atoms with Gasteiger partial charge in [0.25, 0.3) is 10.0 Å². The van der Waals surface area contributed by atoms with Crippen LogP contribution in [0.25, 0.3) is 0 Å². The van der Waals surface area contributed by atoms with Crippen molar-refractivity contribution in [1.29, 1.82) is 0 Å².